The number of thiophene rings is 1. The van der Waals surface area contributed by atoms with E-state index in [1.807, 2.05) is 36.4 Å². The largest absolute Gasteiger partial charge is 0.494 e. The van der Waals surface area contributed by atoms with Crippen molar-refractivity contribution in [2.75, 3.05) is 14.2 Å². The summed E-state index contributed by atoms with van der Waals surface area (Å²) in [5.74, 6) is -0.630. The second-order valence-electron chi connectivity index (χ2n) is 4.27. The topological polar surface area (TPSA) is 46.6 Å². The maximum absolute atomic E-state index is 11.5. The van der Waals surface area contributed by atoms with Crippen molar-refractivity contribution in [3.8, 4) is 0 Å². The van der Waals surface area contributed by atoms with Gasteiger partial charge >= 0.3 is 0 Å². The number of methoxy groups -OCH3 is 1. The molecule has 0 saturated heterocycles. The minimum atomic E-state index is -0.544. The molecule has 0 bridgehead atoms. The molecule has 1 aliphatic carbocycles. The molecule has 0 amide bonds. The lowest BCUT2D eigenvalue weighted by Crippen LogP contribution is -2.27. The van der Waals surface area contributed by atoms with Crippen LogP contribution >= 0.6 is 11.3 Å². The van der Waals surface area contributed by atoms with Crippen LogP contribution in [0.2, 0.25) is 0 Å². The predicted octanol–water partition coefficient (Wildman–Crippen LogP) is 2.31. The zero-order valence-corrected chi connectivity index (χ0v) is 11.9. The van der Waals surface area contributed by atoms with Crippen molar-refractivity contribution in [2.24, 2.45) is 0 Å². The maximum Gasteiger partial charge on any atom is 0.229 e. The van der Waals surface area contributed by atoms with E-state index in [-0.39, 0.29) is 6.04 Å². The zero-order valence-electron chi connectivity index (χ0n) is 11.0. The summed E-state index contributed by atoms with van der Waals surface area (Å²) in [5.41, 5.74) is 0.632. The Kier molecular flexibility index (Phi) is 3.85. The maximum atomic E-state index is 11.5. The van der Waals surface area contributed by atoms with Gasteiger partial charge in [0.15, 0.2) is 0 Å². The lowest BCUT2D eigenvalue weighted by atomic mass is 10.1. The van der Waals surface area contributed by atoms with E-state index in [0.29, 0.717) is 11.5 Å². The van der Waals surface area contributed by atoms with E-state index in [2.05, 4.69) is 0 Å². The van der Waals surface area contributed by atoms with Gasteiger partial charge in [-0.3, -0.25) is 9.59 Å². The standard InChI is InChI=1S/C14H15NO3S/c1-9(14-5-4-6-19-14)15(2)10-7-11(16)12(17)8-13(10)18-3/h4-9H,1-3H3. The van der Waals surface area contributed by atoms with Crippen LogP contribution in [0.4, 0.5) is 0 Å². The monoisotopic (exact) mass is 277 g/mol. The fourth-order valence-corrected chi connectivity index (χ4v) is 2.72. The summed E-state index contributed by atoms with van der Waals surface area (Å²) < 4.78 is 5.19. The molecular weight excluding hydrogens is 262 g/mol. The molecule has 100 valence electrons. The molecule has 0 radical (unpaired) electrons. The number of carbonyl (C=O) groups is 2. The van der Waals surface area contributed by atoms with Crippen LogP contribution in [0.15, 0.2) is 41.1 Å². The highest BCUT2D eigenvalue weighted by Gasteiger charge is 2.26. The Morgan fingerprint density at radius 2 is 1.95 bits per heavy atom. The van der Waals surface area contributed by atoms with Crippen LogP contribution in [-0.4, -0.2) is 30.6 Å². The molecule has 19 heavy (non-hydrogen) atoms. The lowest BCUT2D eigenvalue weighted by molar-refractivity contribution is -0.131. The molecule has 1 aromatic heterocycles. The summed E-state index contributed by atoms with van der Waals surface area (Å²) in [6.45, 7) is 2.04. The van der Waals surface area contributed by atoms with Crippen LogP contribution in [0.25, 0.3) is 0 Å². The van der Waals surface area contributed by atoms with Gasteiger partial charge in [-0.15, -0.1) is 11.3 Å². The average molecular weight is 277 g/mol. The van der Waals surface area contributed by atoms with Gasteiger partial charge in [0.2, 0.25) is 11.6 Å². The number of hydrogen-bond acceptors (Lipinski definition) is 5. The quantitative estimate of drug-likeness (QED) is 0.626. The molecule has 4 nitrogen and oxygen atoms in total. The Balaban J connectivity index is 2.29. The van der Waals surface area contributed by atoms with Gasteiger partial charge in [0.1, 0.15) is 5.76 Å². The first-order valence-electron chi connectivity index (χ1n) is 5.87. The molecule has 0 N–H and O–H groups in total. The summed E-state index contributed by atoms with van der Waals surface area (Å²) in [6.07, 6.45) is 2.58. The summed E-state index contributed by atoms with van der Waals surface area (Å²) >= 11 is 1.65. The minimum absolute atomic E-state index is 0.103. The van der Waals surface area contributed by atoms with Crippen molar-refractivity contribution in [3.05, 3.63) is 46.0 Å². The van der Waals surface area contributed by atoms with Gasteiger partial charge in [0.25, 0.3) is 0 Å². The van der Waals surface area contributed by atoms with Crippen molar-refractivity contribution in [2.45, 2.75) is 13.0 Å². The molecule has 1 aliphatic rings. The summed E-state index contributed by atoms with van der Waals surface area (Å²) in [5, 5.41) is 2.01. The van der Waals surface area contributed by atoms with Gasteiger partial charge in [-0.05, 0) is 18.4 Å². The smallest absolute Gasteiger partial charge is 0.229 e. The van der Waals surface area contributed by atoms with E-state index < -0.39 is 11.6 Å². The molecule has 0 fully saturated rings. The first-order valence-corrected chi connectivity index (χ1v) is 6.75. The van der Waals surface area contributed by atoms with Crippen LogP contribution < -0.4 is 0 Å². The predicted molar refractivity (Wildman–Crippen MR) is 73.7 cm³/mol. The van der Waals surface area contributed by atoms with Gasteiger partial charge in [-0.25, -0.2) is 0 Å². The second kappa shape index (κ2) is 5.40. The first kappa shape index (κ1) is 13.5. The van der Waals surface area contributed by atoms with Gasteiger partial charge in [0, 0.05) is 24.1 Å². The molecule has 0 spiro atoms. The molecule has 5 heteroatoms. The van der Waals surface area contributed by atoms with E-state index in [1.165, 1.54) is 24.1 Å². The number of carbonyl (C=O) groups excluding carboxylic acids is 2. The van der Waals surface area contributed by atoms with Crippen molar-refractivity contribution in [1.29, 1.82) is 0 Å². The van der Waals surface area contributed by atoms with E-state index >= 15 is 0 Å². The van der Waals surface area contributed by atoms with E-state index in [9.17, 15) is 9.59 Å². The zero-order chi connectivity index (χ0) is 14.0. The third-order valence-corrected chi connectivity index (χ3v) is 4.20. The average Bonchev–Trinajstić information content (AvgIpc) is 2.93. The molecule has 2 rings (SSSR count). The van der Waals surface area contributed by atoms with E-state index in [4.69, 9.17) is 4.74 Å². The Morgan fingerprint density at radius 3 is 2.53 bits per heavy atom. The number of nitrogens with zero attached hydrogens (tertiary/aromatic N) is 1. The van der Waals surface area contributed by atoms with Crippen LogP contribution in [0.3, 0.4) is 0 Å². The van der Waals surface area contributed by atoms with Crippen LogP contribution in [0, 0.1) is 0 Å². The number of rotatable bonds is 4. The number of ketones is 2. The Morgan fingerprint density at radius 1 is 1.26 bits per heavy atom. The number of likely N-dealkylation sites (N-methyl/N-ethyl adjacent to an activating group) is 1. The molecule has 1 atom stereocenters. The second-order valence-corrected chi connectivity index (χ2v) is 5.25. The van der Waals surface area contributed by atoms with Crippen LogP contribution in [0.1, 0.15) is 17.8 Å². The summed E-state index contributed by atoms with van der Waals surface area (Å²) in [6, 6.07) is 4.13. The molecular formula is C14H15NO3S. The van der Waals surface area contributed by atoms with E-state index in [1.54, 1.807) is 11.3 Å². The van der Waals surface area contributed by atoms with Crippen LogP contribution in [0.5, 0.6) is 0 Å². The highest BCUT2D eigenvalue weighted by molar-refractivity contribution is 7.10. The Hall–Kier alpha value is -1.88. The highest BCUT2D eigenvalue weighted by atomic mass is 32.1. The SMILES string of the molecule is COC1=CC(=O)C(=O)C=C1N(C)C(C)c1cccs1. The first-order chi connectivity index (χ1) is 9.04. The molecule has 0 aromatic carbocycles. The number of ether oxygens (including phenoxy) is 1. The molecule has 1 aromatic rings. The van der Waals surface area contributed by atoms with Gasteiger partial charge in [-0.2, -0.15) is 0 Å². The van der Waals surface area contributed by atoms with Crippen molar-refractivity contribution < 1.29 is 14.3 Å². The van der Waals surface area contributed by atoms with Crippen molar-refractivity contribution in [1.82, 2.24) is 4.90 Å². The van der Waals surface area contributed by atoms with Gasteiger partial charge in [0.05, 0.1) is 18.8 Å². The number of hydrogen-bond donors (Lipinski definition) is 0. The number of allylic oxidation sites excluding steroid dienone is 2. The summed E-state index contributed by atoms with van der Waals surface area (Å²) in [7, 11) is 3.37. The van der Waals surface area contributed by atoms with Crippen LogP contribution in [-0.2, 0) is 14.3 Å². The third kappa shape index (κ3) is 2.61. The Bertz CT molecular complexity index is 557. The summed E-state index contributed by atoms with van der Waals surface area (Å²) in [4.78, 5) is 26.0. The molecule has 0 aliphatic heterocycles. The third-order valence-electron chi connectivity index (χ3n) is 3.16. The normalized spacial score (nSPS) is 16.8. The van der Waals surface area contributed by atoms with Gasteiger partial charge in [-0.1, -0.05) is 6.07 Å². The lowest BCUT2D eigenvalue weighted by Gasteiger charge is -2.30. The fraction of sp³-hybridized carbons (Fsp3) is 0.286. The van der Waals surface area contributed by atoms with Crippen molar-refractivity contribution >= 4 is 22.9 Å². The molecule has 1 unspecified atom stereocenters. The van der Waals surface area contributed by atoms with E-state index in [0.717, 1.165) is 0 Å². The van der Waals surface area contributed by atoms with Gasteiger partial charge < -0.3 is 9.64 Å². The minimum Gasteiger partial charge on any atom is -0.494 e. The van der Waals surface area contributed by atoms with Crippen molar-refractivity contribution in [3.63, 3.8) is 0 Å². The Labute approximate surface area is 116 Å². The highest BCUT2D eigenvalue weighted by Crippen LogP contribution is 2.30. The fourth-order valence-electron chi connectivity index (χ4n) is 1.90. The molecule has 0 saturated carbocycles. The molecule has 1 heterocycles.